The van der Waals surface area contributed by atoms with Gasteiger partial charge in [0.2, 0.25) is 0 Å². The molecule has 17 heavy (non-hydrogen) atoms. The molecule has 1 atom stereocenters. The zero-order chi connectivity index (χ0) is 12.5. The normalized spacial score (nSPS) is 30.6. The van der Waals surface area contributed by atoms with Crippen molar-refractivity contribution in [2.75, 3.05) is 6.54 Å². The van der Waals surface area contributed by atoms with Gasteiger partial charge in [-0.25, -0.2) is 0 Å². The van der Waals surface area contributed by atoms with E-state index in [1.54, 1.807) is 0 Å². The fourth-order valence-corrected chi connectivity index (χ4v) is 3.59. The molecule has 2 fully saturated rings. The second-order valence-corrected chi connectivity index (χ2v) is 6.41. The molecular weight excluding hydrogens is 214 g/mol. The predicted octanol–water partition coefficient (Wildman–Crippen LogP) is 2.89. The number of hydrogen-bond acceptors (Lipinski definition) is 2. The summed E-state index contributed by atoms with van der Waals surface area (Å²) in [6.07, 6.45) is 7.87. The van der Waals surface area contributed by atoms with Gasteiger partial charge < -0.3 is 5.11 Å². The topological polar surface area (TPSA) is 40.5 Å². The number of rotatable bonds is 3. The zero-order valence-corrected chi connectivity index (χ0v) is 11.1. The van der Waals surface area contributed by atoms with Crippen LogP contribution in [0, 0.1) is 5.92 Å². The van der Waals surface area contributed by atoms with Crippen molar-refractivity contribution in [3.05, 3.63) is 0 Å². The van der Waals surface area contributed by atoms with Crippen LogP contribution in [0.15, 0.2) is 0 Å². The molecule has 1 aliphatic carbocycles. The van der Waals surface area contributed by atoms with E-state index >= 15 is 0 Å². The highest BCUT2D eigenvalue weighted by Gasteiger charge is 2.39. The lowest BCUT2D eigenvalue weighted by atomic mass is 9.82. The Hall–Kier alpha value is -0.570. The second kappa shape index (κ2) is 4.97. The summed E-state index contributed by atoms with van der Waals surface area (Å²) in [6.45, 7) is 5.63. The van der Waals surface area contributed by atoms with Crippen LogP contribution in [-0.2, 0) is 4.79 Å². The minimum atomic E-state index is -0.638. The number of piperidine rings is 1. The quantitative estimate of drug-likeness (QED) is 0.823. The molecule has 1 saturated carbocycles. The SMILES string of the molecule is CC1(C)CCC(CC(=O)O)CN1C1CCCC1. The summed E-state index contributed by atoms with van der Waals surface area (Å²) < 4.78 is 0. The molecule has 1 heterocycles. The Labute approximate surface area is 104 Å². The van der Waals surface area contributed by atoms with Crippen LogP contribution in [0.5, 0.6) is 0 Å². The van der Waals surface area contributed by atoms with E-state index in [0.29, 0.717) is 18.4 Å². The number of carbonyl (C=O) groups is 1. The lowest BCUT2D eigenvalue weighted by molar-refractivity contribution is -0.139. The highest BCUT2D eigenvalue weighted by molar-refractivity contribution is 5.67. The molecule has 0 amide bonds. The third-order valence-corrected chi connectivity index (χ3v) is 4.63. The third-order valence-electron chi connectivity index (χ3n) is 4.63. The van der Waals surface area contributed by atoms with E-state index in [2.05, 4.69) is 18.7 Å². The summed E-state index contributed by atoms with van der Waals surface area (Å²) in [5.41, 5.74) is 0.268. The lowest BCUT2D eigenvalue weighted by Crippen LogP contribution is -2.54. The molecule has 1 saturated heterocycles. The maximum Gasteiger partial charge on any atom is 0.303 e. The van der Waals surface area contributed by atoms with E-state index in [1.807, 2.05) is 0 Å². The molecular formula is C14H25NO2. The first-order valence-electron chi connectivity index (χ1n) is 6.97. The van der Waals surface area contributed by atoms with Gasteiger partial charge in [-0.3, -0.25) is 9.69 Å². The number of hydrogen-bond donors (Lipinski definition) is 1. The Morgan fingerprint density at radius 1 is 1.29 bits per heavy atom. The molecule has 3 heteroatoms. The second-order valence-electron chi connectivity index (χ2n) is 6.41. The molecule has 0 radical (unpaired) electrons. The van der Waals surface area contributed by atoms with Crippen LogP contribution in [0.1, 0.15) is 58.8 Å². The Kier molecular flexibility index (Phi) is 3.76. The summed E-state index contributed by atoms with van der Waals surface area (Å²) in [6, 6.07) is 0.710. The van der Waals surface area contributed by atoms with Gasteiger partial charge in [-0.15, -0.1) is 0 Å². The van der Waals surface area contributed by atoms with Crippen LogP contribution >= 0.6 is 0 Å². The lowest BCUT2D eigenvalue weighted by Gasteiger charge is -2.48. The Balaban J connectivity index is 2.01. The van der Waals surface area contributed by atoms with Crippen molar-refractivity contribution in [3.63, 3.8) is 0 Å². The smallest absolute Gasteiger partial charge is 0.303 e. The molecule has 1 N–H and O–H groups in total. The van der Waals surface area contributed by atoms with Crippen LogP contribution in [0.4, 0.5) is 0 Å². The molecule has 2 aliphatic rings. The molecule has 0 aromatic heterocycles. The van der Waals surface area contributed by atoms with Gasteiger partial charge in [-0.1, -0.05) is 12.8 Å². The average molecular weight is 239 g/mol. The van der Waals surface area contributed by atoms with Crippen LogP contribution in [0.3, 0.4) is 0 Å². The van der Waals surface area contributed by atoms with Crippen molar-refractivity contribution in [2.24, 2.45) is 5.92 Å². The van der Waals surface area contributed by atoms with Crippen molar-refractivity contribution >= 4 is 5.97 Å². The van der Waals surface area contributed by atoms with E-state index in [9.17, 15) is 4.79 Å². The fourth-order valence-electron chi connectivity index (χ4n) is 3.59. The minimum absolute atomic E-state index is 0.268. The first-order chi connectivity index (χ1) is 7.99. The van der Waals surface area contributed by atoms with Gasteiger partial charge >= 0.3 is 5.97 Å². The number of likely N-dealkylation sites (tertiary alicyclic amines) is 1. The van der Waals surface area contributed by atoms with Crippen LogP contribution in [-0.4, -0.2) is 34.1 Å². The van der Waals surface area contributed by atoms with Crippen LogP contribution < -0.4 is 0 Å². The van der Waals surface area contributed by atoms with Gasteiger partial charge in [-0.05, 0) is 45.4 Å². The molecule has 1 unspecified atom stereocenters. The van der Waals surface area contributed by atoms with Crippen LogP contribution in [0.2, 0.25) is 0 Å². The van der Waals surface area contributed by atoms with Crippen molar-refractivity contribution < 1.29 is 9.90 Å². The number of carboxylic acids is 1. The summed E-state index contributed by atoms with van der Waals surface area (Å²) in [5, 5.41) is 8.93. The Bertz CT molecular complexity index is 282. The summed E-state index contributed by atoms with van der Waals surface area (Å²) in [4.78, 5) is 13.4. The monoisotopic (exact) mass is 239 g/mol. The van der Waals surface area contributed by atoms with Gasteiger partial charge in [0.1, 0.15) is 0 Å². The van der Waals surface area contributed by atoms with Gasteiger partial charge in [0.15, 0.2) is 0 Å². The number of nitrogens with zero attached hydrogens (tertiary/aromatic N) is 1. The van der Waals surface area contributed by atoms with E-state index in [1.165, 1.54) is 25.7 Å². The molecule has 0 bridgehead atoms. The van der Waals surface area contributed by atoms with Crippen molar-refractivity contribution in [3.8, 4) is 0 Å². The number of aliphatic carboxylic acids is 1. The van der Waals surface area contributed by atoms with Gasteiger partial charge in [0.25, 0.3) is 0 Å². The van der Waals surface area contributed by atoms with Gasteiger partial charge in [-0.2, -0.15) is 0 Å². The van der Waals surface area contributed by atoms with Crippen molar-refractivity contribution in [1.29, 1.82) is 0 Å². The van der Waals surface area contributed by atoms with E-state index in [4.69, 9.17) is 5.11 Å². The number of carboxylic acid groups (broad SMARTS) is 1. The largest absolute Gasteiger partial charge is 0.481 e. The average Bonchev–Trinajstić information content (AvgIpc) is 2.73. The Morgan fingerprint density at radius 3 is 2.53 bits per heavy atom. The van der Waals surface area contributed by atoms with E-state index < -0.39 is 5.97 Å². The first-order valence-corrected chi connectivity index (χ1v) is 6.97. The first kappa shape index (κ1) is 12.9. The molecule has 0 aromatic rings. The van der Waals surface area contributed by atoms with Gasteiger partial charge in [0, 0.05) is 24.5 Å². The Morgan fingerprint density at radius 2 is 1.94 bits per heavy atom. The molecule has 0 spiro atoms. The zero-order valence-electron chi connectivity index (χ0n) is 11.1. The summed E-state index contributed by atoms with van der Waals surface area (Å²) in [5.74, 6) is -0.276. The van der Waals surface area contributed by atoms with E-state index in [0.717, 1.165) is 19.4 Å². The molecule has 1 aliphatic heterocycles. The van der Waals surface area contributed by atoms with E-state index in [-0.39, 0.29) is 5.54 Å². The van der Waals surface area contributed by atoms with Crippen molar-refractivity contribution in [2.45, 2.75) is 70.4 Å². The molecule has 0 aromatic carbocycles. The fraction of sp³-hybridized carbons (Fsp3) is 0.929. The molecule has 3 nitrogen and oxygen atoms in total. The maximum atomic E-state index is 10.8. The third kappa shape index (κ3) is 3.01. The minimum Gasteiger partial charge on any atom is -0.481 e. The van der Waals surface area contributed by atoms with Gasteiger partial charge in [0.05, 0.1) is 0 Å². The standard InChI is InChI=1S/C14H25NO2/c1-14(2)8-7-11(9-13(16)17)10-15(14)12-5-3-4-6-12/h11-12H,3-10H2,1-2H3,(H,16,17). The summed E-state index contributed by atoms with van der Waals surface area (Å²) >= 11 is 0. The molecule has 2 rings (SSSR count). The predicted molar refractivity (Wildman–Crippen MR) is 68.0 cm³/mol. The van der Waals surface area contributed by atoms with Crippen LogP contribution in [0.25, 0.3) is 0 Å². The highest BCUT2D eigenvalue weighted by atomic mass is 16.4. The van der Waals surface area contributed by atoms with Crippen molar-refractivity contribution in [1.82, 2.24) is 4.90 Å². The maximum absolute atomic E-state index is 10.8. The molecule has 98 valence electrons. The highest BCUT2D eigenvalue weighted by Crippen LogP contribution is 2.37. The summed E-state index contributed by atoms with van der Waals surface area (Å²) in [7, 11) is 0.